The molecule has 1 aliphatic rings. The van der Waals surface area contributed by atoms with Crippen molar-refractivity contribution in [3.05, 3.63) is 20.8 Å². The summed E-state index contributed by atoms with van der Waals surface area (Å²) in [5.41, 5.74) is 0. The Balaban J connectivity index is 1.99. The highest BCUT2D eigenvalue weighted by atomic mass is 79.9. The number of amides is 1. The second-order valence-electron chi connectivity index (χ2n) is 4.40. The van der Waals surface area contributed by atoms with E-state index in [0.29, 0.717) is 13.1 Å². The number of carbonyl (C=O) groups is 2. The summed E-state index contributed by atoms with van der Waals surface area (Å²) >= 11 is 4.80. The van der Waals surface area contributed by atoms with Crippen molar-refractivity contribution in [1.29, 1.82) is 0 Å². The zero-order valence-electron chi connectivity index (χ0n) is 10.2. The van der Waals surface area contributed by atoms with Crippen LogP contribution in [0, 0.1) is 0 Å². The average Bonchev–Trinajstić information content (AvgIpc) is 2.68. The summed E-state index contributed by atoms with van der Waals surface area (Å²) in [4.78, 5) is 28.2. The van der Waals surface area contributed by atoms with Crippen LogP contribution in [0.1, 0.15) is 16.1 Å². The minimum absolute atomic E-state index is 0.0780. The second kappa shape index (κ2) is 5.95. The van der Waals surface area contributed by atoms with Gasteiger partial charge in [-0.15, -0.1) is 11.3 Å². The van der Waals surface area contributed by atoms with Crippen LogP contribution in [-0.4, -0.2) is 54.7 Å². The van der Waals surface area contributed by atoms with E-state index in [0.717, 1.165) is 28.9 Å². The lowest BCUT2D eigenvalue weighted by molar-refractivity contribution is -0.129. The van der Waals surface area contributed by atoms with E-state index in [1.165, 1.54) is 11.3 Å². The summed E-state index contributed by atoms with van der Waals surface area (Å²) in [6.45, 7) is 2.22. The van der Waals surface area contributed by atoms with Crippen molar-refractivity contribution in [3.8, 4) is 0 Å². The van der Waals surface area contributed by atoms with Crippen LogP contribution in [0.2, 0.25) is 0 Å². The third-order valence-electron chi connectivity index (χ3n) is 2.99. The molecule has 2 heterocycles. The molecule has 0 unspecified atom stereocenters. The molecule has 1 aliphatic heterocycles. The lowest BCUT2D eigenvalue weighted by atomic mass is 10.3. The summed E-state index contributed by atoms with van der Waals surface area (Å²) in [5, 5.41) is 1.89. The number of carbonyl (C=O) groups excluding carboxylic acids is 2. The first-order chi connectivity index (χ1) is 8.58. The first kappa shape index (κ1) is 13.7. The number of nitrogens with zero attached hydrogens (tertiary/aromatic N) is 2. The summed E-state index contributed by atoms with van der Waals surface area (Å²) < 4.78 is 0.843. The molecule has 1 fully saturated rings. The minimum Gasteiger partial charge on any atom is -0.345 e. The Hall–Kier alpha value is -0.720. The maximum absolute atomic E-state index is 12.1. The third-order valence-corrected chi connectivity index (χ3v) is 4.87. The quantitative estimate of drug-likeness (QED) is 0.794. The molecule has 4 nitrogen and oxygen atoms in total. The van der Waals surface area contributed by atoms with Crippen LogP contribution in [-0.2, 0) is 4.79 Å². The van der Waals surface area contributed by atoms with Crippen molar-refractivity contribution in [2.75, 3.05) is 33.2 Å². The lowest BCUT2D eigenvalue weighted by Gasteiger charge is -2.18. The molecular weight excluding hydrogens is 316 g/mol. The zero-order chi connectivity index (χ0) is 13.1. The molecule has 0 bridgehead atoms. The van der Waals surface area contributed by atoms with Gasteiger partial charge >= 0.3 is 0 Å². The van der Waals surface area contributed by atoms with Crippen molar-refractivity contribution < 1.29 is 9.59 Å². The predicted octanol–water partition coefficient (Wildman–Crippen LogP) is 1.86. The van der Waals surface area contributed by atoms with Crippen LogP contribution < -0.4 is 0 Å². The Labute approximate surface area is 119 Å². The third kappa shape index (κ3) is 3.18. The van der Waals surface area contributed by atoms with Gasteiger partial charge in [-0.25, -0.2) is 0 Å². The smallest absolute Gasteiger partial charge is 0.236 e. The van der Waals surface area contributed by atoms with Crippen molar-refractivity contribution in [2.24, 2.45) is 0 Å². The number of rotatable bonds is 3. The van der Waals surface area contributed by atoms with Crippen molar-refractivity contribution in [1.82, 2.24) is 9.80 Å². The van der Waals surface area contributed by atoms with Crippen molar-refractivity contribution >= 4 is 39.0 Å². The monoisotopic (exact) mass is 330 g/mol. The van der Waals surface area contributed by atoms with Gasteiger partial charge in [0.2, 0.25) is 5.91 Å². The largest absolute Gasteiger partial charge is 0.345 e. The molecule has 0 saturated carbocycles. The summed E-state index contributed by atoms with van der Waals surface area (Å²) in [6.07, 6.45) is 0.918. The van der Waals surface area contributed by atoms with E-state index in [4.69, 9.17) is 0 Å². The van der Waals surface area contributed by atoms with Crippen LogP contribution in [0.25, 0.3) is 0 Å². The summed E-state index contributed by atoms with van der Waals surface area (Å²) in [6, 6.07) is 1.87. The molecule has 0 aromatic carbocycles. The molecule has 0 atom stereocenters. The van der Waals surface area contributed by atoms with E-state index < -0.39 is 0 Å². The molecule has 98 valence electrons. The number of hydrogen-bond acceptors (Lipinski definition) is 4. The van der Waals surface area contributed by atoms with Crippen molar-refractivity contribution in [2.45, 2.75) is 6.42 Å². The number of thiophene rings is 1. The van der Waals surface area contributed by atoms with E-state index in [9.17, 15) is 9.59 Å². The topological polar surface area (TPSA) is 40.6 Å². The van der Waals surface area contributed by atoms with Crippen LogP contribution in [0.5, 0.6) is 0 Å². The Morgan fingerprint density at radius 2 is 2.28 bits per heavy atom. The van der Waals surface area contributed by atoms with Gasteiger partial charge in [0.25, 0.3) is 0 Å². The highest BCUT2D eigenvalue weighted by Crippen LogP contribution is 2.23. The van der Waals surface area contributed by atoms with Gasteiger partial charge < -0.3 is 4.90 Å². The van der Waals surface area contributed by atoms with Crippen LogP contribution in [0.3, 0.4) is 0 Å². The Morgan fingerprint density at radius 1 is 1.50 bits per heavy atom. The average molecular weight is 331 g/mol. The fraction of sp³-hybridized carbons (Fsp3) is 0.500. The van der Waals surface area contributed by atoms with Crippen LogP contribution in [0.15, 0.2) is 15.9 Å². The van der Waals surface area contributed by atoms with Crippen molar-refractivity contribution in [3.63, 3.8) is 0 Å². The molecular formula is C12H15BrN2O2S. The summed E-state index contributed by atoms with van der Waals surface area (Å²) in [7, 11) is 1.81. The van der Waals surface area contributed by atoms with E-state index in [1.54, 1.807) is 4.90 Å². The molecule has 2 rings (SSSR count). The fourth-order valence-corrected chi connectivity index (χ4v) is 3.48. The van der Waals surface area contributed by atoms with Gasteiger partial charge in [0.05, 0.1) is 18.0 Å². The Bertz CT molecular complexity index is 461. The number of hydrogen-bond donors (Lipinski definition) is 0. The predicted molar refractivity (Wildman–Crippen MR) is 75.0 cm³/mol. The van der Waals surface area contributed by atoms with Gasteiger partial charge in [-0.3, -0.25) is 14.5 Å². The molecule has 0 spiro atoms. The van der Waals surface area contributed by atoms with Gasteiger partial charge in [-0.05, 0) is 33.8 Å². The molecule has 1 aromatic heterocycles. The van der Waals surface area contributed by atoms with E-state index in [1.807, 2.05) is 23.4 Å². The first-order valence-electron chi connectivity index (χ1n) is 5.80. The second-order valence-corrected chi connectivity index (χ2v) is 6.17. The molecule has 0 aliphatic carbocycles. The maximum atomic E-state index is 12.1. The normalized spacial score (nSPS) is 17.9. The highest BCUT2D eigenvalue weighted by molar-refractivity contribution is 9.10. The van der Waals surface area contributed by atoms with Gasteiger partial charge in [-0.2, -0.15) is 0 Å². The molecule has 1 saturated heterocycles. The lowest BCUT2D eigenvalue weighted by Crippen LogP contribution is -2.37. The molecule has 1 amide bonds. The fourth-order valence-electron chi connectivity index (χ4n) is 1.95. The zero-order valence-corrected chi connectivity index (χ0v) is 12.6. The number of halogens is 1. The van der Waals surface area contributed by atoms with Gasteiger partial charge in [0, 0.05) is 24.6 Å². The maximum Gasteiger partial charge on any atom is 0.236 e. The molecule has 0 radical (unpaired) electrons. The summed E-state index contributed by atoms with van der Waals surface area (Å²) in [5.74, 6) is 0.166. The van der Waals surface area contributed by atoms with Gasteiger partial charge in [-0.1, -0.05) is 0 Å². The molecule has 0 N–H and O–H groups in total. The standard InChI is InChI=1S/C12H15BrN2O2S/c1-14-4-2-5-15(8-11(14)17)7-10(16)12-9(13)3-6-18-12/h3,6H,2,4-5,7-8H2,1H3. The molecule has 1 aromatic rings. The Morgan fingerprint density at radius 3 is 2.94 bits per heavy atom. The number of likely N-dealkylation sites (N-methyl/N-ethyl adjacent to an activating group) is 1. The van der Waals surface area contributed by atoms with Crippen LogP contribution in [0.4, 0.5) is 0 Å². The SMILES string of the molecule is CN1CCCN(CC(=O)c2sccc2Br)CC1=O. The first-order valence-corrected chi connectivity index (χ1v) is 7.47. The van der Waals surface area contributed by atoms with E-state index in [-0.39, 0.29) is 11.7 Å². The minimum atomic E-state index is 0.0780. The Kier molecular flexibility index (Phi) is 4.53. The van der Waals surface area contributed by atoms with Gasteiger partial charge in [0.15, 0.2) is 5.78 Å². The van der Waals surface area contributed by atoms with E-state index in [2.05, 4.69) is 15.9 Å². The van der Waals surface area contributed by atoms with E-state index >= 15 is 0 Å². The van der Waals surface area contributed by atoms with Gasteiger partial charge in [0.1, 0.15) is 0 Å². The highest BCUT2D eigenvalue weighted by Gasteiger charge is 2.22. The van der Waals surface area contributed by atoms with Crippen LogP contribution >= 0.6 is 27.3 Å². The number of Topliss-reactive ketones (excluding diaryl/α,β-unsaturated/α-hetero) is 1. The molecule has 6 heteroatoms. The number of ketones is 1. The molecule has 18 heavy (non-hydrogen) atoms.